The minimum atomic E-state index is 0.298. The van der Waals surface area contributed by atoms with Crippen LogP contribution in [0.3, 0.4) is 0 Å². The molecule has 7 atom stereocenters. The van der Waals surface area contributed by atoms with E-state index in [1.807, 2.05) is 5.57 Å². The second kappa shape index (κ2) is 9.10. The SMILES string of the molecule is CC(CCC(=O)N(C(C)C)C(C)C)C1CCC2C3CC=C4CCCCC4(C)C3CCC12C. The molecule has 32 heavy (non-hydrogen) atoms. The second-order valence-corrected chi connectivity index (χ2v) is 13.2. The van der Waals surface area contributed by atoms with E-state index < -0.39 is 0 Å². The fourth-order valence-electron chi connectivity index (χ4n) is 9.53. The molecule has 3 fully saturated rings. The fourth-order valence-corrected chi connectivity index (χ4v) is 9.53. The van der Waals surface area contributed by atoms with E-state index in [-0.39, 0.29) is 0 Å². The minimum Gasteiger partial charge on any atom is -0.338 e. The predicted octanol–water partition coefficient (Wildman–Crippen LogP) is 8.02. The Morgan fingerprint density at radius 1 is 1.00 bits per heavy atom. The molecule has 0 spiro atoms. The van der Waals surface area contributed by atoms with Gasteiger partial charge in [-0.05, 0) is 126 Å². The van der Waals surface area contributed by atoms with E-state index in [0.29, 0.717) is 34.7 Å². The Bertz CT molecular complexity index is 714. The lowest BCUT2D eigenvalue weighted by molar-refractivity contribution is -0.135. The maximum absolute atomic E-state index is 13.0. The van der Waals surface area contributed by atoms with Gasteiger partial charge in [0.15, 0.2) is 0 Å². The van der Waals surface area contributed by atoms with Crippen LogP contribution in [0.4, 0.5) is 0 Å². The van der Waals surface area contributed by atoms with Crippen LogP contribution >= 0.6 is 0 Å². The first-order valence-electron chi connectivity index (χ1n) is 14.1. The van der Waals surface area contributed by atoms with Crippen molar-refractivity contribution in [3.8, 4) is 0 Å². The van der Waals surface area contributed by atoms with Crippen LogP contribution in [0.15, 0.2) is 11.6 Å². The molecule has 3 saturated carbocycles. The first-order valence-corrected chi connectivity index (χ1v) is 14.1. The lowest BCUT2D eigenvalue weighted by Gasteiger charge is -2.58. The summed E-state index contributed by atoms with van der Waals surface area (Å²) in [5.74, 6) is 4.58. The molecule has 4 aliphatic carbocycles. The number of hydrogen-bond acceptors (Lipinski definition) is 1. The number of carbonyl (C=O) groups is 1. The number of allylic oxidation sites excluding steroid dienone is 2. The summed E-state index contributed by atoms with van der Waals surface area (Å²) >= 11 is 0. The third-order valence-electron chi connectivity index (χ3n) is 11.0. The van der Waals surface area contributed by atoms with Gasteiger partial charge in [-0.15, -0.1) is 0 Å². The number of carbonyl (C=O) groups excluding carboxylic acids is 1. The van der Waals surface area contributed by atoms with Crippen LogP contribution in [-0.4, -0.2) is 22.9 Å². The minimum absolute atomic E-state index is 0.298. The van der Waals surface area contributed by atoms with Crippen molar-refractivity contribution in [1.29, 1.82) is 0 Å². The molecular weight excluding hydrogens is 390 g/mol. The topological polar surface area (TPSA) is 20.3 Å². The quantitative estimate of drug-likeness (QED) is 0.382. The Morgan fingerprint density at radius 2 is 1.72 bits per heavy atom. The van der Waals surface area contributed by atoms with Gasteiger partial charge in [-0.1, -0.05) is 38.8 Å². The van der Waals surface area contributed by atoms with Gasteiger partial charge in [-0.3, -0.25) is 4.79 Å². The summed E-state index contributed by atoms with van der Waals surface area (Å²) < 4.78 is 0. The molecular formula is C30H51NO. The summed E-state index contributed by atoms with van der Waals surface area (Å²) in [5.41, 5.74) is 2.83. The highest BCUT2D eigenvalue weighted by molar-refractivity contribution is 5.76. The van der Waals surface area contributed by atoms with Crippen LogP contribution in [0, 0.1) is 40.4 Å². The lowest BCUT2D eigenvalue weighted by atomic mass is 9.47. The van der Waals surface area contributed by atoms with Gasteiger partial charge in [0.25, 0.3) is 0 Å². The standard InChI is InChI=1S/C30H51NO/c1-20(2)31(21(3)4)28(32)16-11-22(5)25-14-15-26-24-13-12-23-10-8-9-18-29(23,6)27(24)17-19-30(25,26)7/h12,20-22,24-27H,8-11,13-19H2,1-7H3. The lowest BCUT2D eigenvalue weighted by Crippen LogP contribution is -2.50. The summed E-state index contributed by atoms with van der Waals surface area (Å²) in [7, 11) is 0. The maximum Gasteiger partial charge on any atom is 0.223 e. The molecule has 0 bridgehead atoms. The van der Waals surface area contributed by atoms with Gasteiger partial charge in [0.05, 0.1) is 0 Å². The molecule has 0 N–H and O–H groups in total. The largest absolute Gasteiger partial charge is 0.338 e. The average molecular weight is 442 g/mol. The van der Waals surface area contributed by atoms with E-state index in [0.717, 1.165) is 36.5 Å². The molecule has 2 nitrogen and oxygen atoms in total. The summed E-state index contributed by atoms with van der Waals surface area (Å²) in [4.78, 5) is 15.1. The van der Waals surface area contributed by atoms with Crippen molar-refractivity contribution in [2.75, 3.05) is 0 Å². The molecule has 0 saturated heterocycles. The Kier molecular flexibility index (Phi) is 6.92. The molecule has 2 heteroatoms. The fraction of sp³-hybridized carbons (Fsp3) is 0.900. The zero-order chi connectivity index (χ0) is 23.3. The van der Waals surface area contributed by atoms with Gasteiger partial charge in [-0.25, -0.2) is 0 Å². The average Bonchev–Trinajstić information content (AvgIpc) is 3.08. The van der Waals surface area contributed by atoms with E-state index in [1.54, 1.807) is 0 Å². The van der Waals surface area contributed by atoms with Crippen LogP contribution in [0.25, 0.3) is 0 Å². The summed E-state index contributed by atoms with van der Waals surface area (Å²) in [6.07, 6.45) is 17.2. The Balaban J connectivity index is 1.44. The van der Waals surface area contributed by atoms with Gasteiger partial charge >= 0.3 is 0 Å². The number of rotatable bonds is 6. The Labute approximate surface area is 199 Å². The Hall–Kier alpha value is -0.790. The predicted molar refractivity (Wildman–Crippen MR) is 135 cm³/mol. The molecule has 0 aromatic rings. The van der Waals surface area contributed by atoms with E-state index in [1.165, 1.54) is 57.8 Å². The van der Waals surface area contributed by atoms with Crippen molar-refractivity contribution >= 4 is 5.91 Å². The molecule has 4 aliphatic rings. The van der Waals surface area contributed by atoms with Crippen LogP contribution in [-0.2, 0) is 4.79 Å². The molecule has 4 rings (SSSR count). The monoisotopic (exact) mass is 441 g/mol. The normalized spacial score (nSPS) is 39.8. The van der Waals surface area contributed by atoms with Crippen molar-refractivity contribution in [3.05, 3.63) is 11.6 Å². The smallest absolute Gasteiger partial charge is 0.223 e. The van der Waals surface area contributed by atoms with Gasteiger partial charge in [0.1, 0.15) is 0 Å². The van der Waals surface area contributed by atoms with Gasteiger partial charge in [0, 0.05) is 18.5 Å². The highest BCUT2D eigenvalue weighted by Crippen LogP contribution is 2.67. The zero-order valence-corrected chi connectivity index (χ0v) is 22.3. The van der Waals surface area contributed by atoms with Crippen molar-refractivity contribution in [2.24, 2.45) is 40.4 Å². The summed E-state index contributed by atoms with van der Waals surface area (Å²) in [6, 6.07) is 0.596. The molecule has 7 unspecified atom stereocenters. The van der Waals surface area contributed by atoms with Gasteiger partial charge in [0.2, 0.25) is 5.91 Å². The van der Waals surface area contributed by atoms with Crippen LogP contribution in [0.1, 0.15) is 119 Å². The first-order chi connectivity index (χ1) is 15.1. The molecule has 0 radical (unpaired) electrons. The van der Waals surface area contributed by atoms with Crippen LogP contribution < -0.4 is 0 Å². The molecule has 182 valence electrons. The highest BCUT2D eigenvalue weighted by Gasteiger charge is 2.58. The van der Waals surface area contributed by atoms with Crippen molar-refractivity contribution in [1.82, 2.24) is 4.90 Å². The molecule has 0 aromatic heterocycles. The second-order valence-electron chi connectivity index (χ2n) is 13.2. The summed E-state index contributed by atoms with van der Waals surface area (Å²) in [6.45, 7) is 16.4. The third kappa shape index (κ3) is 4.00. The van der Waals surface area contributed by atoms with Crippen molar-refractivity contribution in [3.63, 3.8) is 0 Å². The van der Waals surface area contributed by atoms with Gasteiger partial charge < -0.3 is 4.90 Å². The van der Waals surface area contributed by atoms with Crippen LogP contribution in [0.5, 0.6) is 0 Å². The number of nitrogens with zero attached hydrogens (tertiary/aromatic N) is 1. The van der Waals surface area contributed by atoms with E-state index >= 15 is 0 Å². The summed E-state index contributed by atoms with van der Waals surface area (Å²) in [5, 5.41) is 0. The third-order valence-corrected chi connectivity index (χ3v) is 11.0. The highest BCUT2D eigenvalue weighted by atomic mass is 16.2. The molecule has 0 heterocycles. The number of hydrogen-bond donors (Lipinski definition) is 0. The zero-order valence-electron chi connectivity index (χ0n) is 22.3. The van der Waals surface area contributed by atoms with Gasteiger partial charge in [-0.2, -0.15) is 0 Å². The Morgan fingerprint density at radius 3 is 2.41 bits per heavy atom. The maximum atomic E-state index is 13.0. The van der Waals surface area contributed by atoms with Crippen LogP contribution in [0.2, 0.25) is 0 Å². The van der Waals surface area contributed by atoms with E-state index in [2.05, 4.69) is 59.4 Å². The number of fused-ring (bicyclic) bond motifs is 5. The van der Waals surface area contributed by atoms with Crippen molar-refractivity contribution < 1.29 is 4.79 Å². The number of amides is 1. The van der Waals surface area contributed by atoms with E-state index in [9.17, 15) is 4.79 Å². The van der Waals surface area contributed by atoms with E-state index in [4.69, 9.17) is 0 Å². The van der Waals surface area contributed by atoms with Crippen molar-refractivity contribution in [2.45, 2.75) is 131 Å². The molecule has 0 aromatic carbocycles. The molecule has 0 aliphatic heterocycles. The molecule has 1 amide bonds. The first kappa shape index (κ1) is 24.3.